The number of thioether (sulfide) groups is 2. The fourth-order valence-corrected chi connectivity index (χ4v) is 4.59. The second-order valence-corrected chi connectivity index (χ2v) is 8.42. The topological polar surface area (TPSA) is 29.1 Å². The van der Waals surface area contributed by atoms with Gasteiger partial charge in [0.05, 0.1) is 10.5 Å². The fourth-order valence-electron chi connectivity index (χ4n) is 2.45. The predicted octanol–water partition coefficient (Wildman–Crippen LogP) is 5.59. The van der Waals surface area contributed by atoms with Gasteiger partial charge in [0.1, 0.15) is 0 Å². The number of nitrogens with one attached hydrogen (secondary N) is 1. The first-order chi connectivity index (χ1) is 11.6. The van der Waals surface area contributed by atoms with E-state index in [1.54, 1.807) is 23.5 Å². The minimum atomic E-state index is 0.0832. The Bertz CT molecular complexity index is 653. The van der Waals surface area contributed by atoms with Gasteiger partial charge in [0.15, 0.2) is 5.78 Å². The summed E-state index contributed by atoms with van der Waals surface area (Å²) < 4.78 is 0.341. The van der Waals surface area contributed by atoms with Crippen LogP contribution in [0.5, 0.6) is 0 Å². The third-order valence-electron chi connectivity index (χ3n) is 3.66. The number of benzene rings is 2. The van der Waals surface area contributed by atoms with Gasteiger partial charge in [-0.15, -0.1) is 12.6 Å². The van der Waals surface area contributed by atoms with Crippen molar-refractivity contribution in [3.05, 3.63) is 59.1 Å². The number of carbonyl (C=O) groups excluding carboxylic acids is 1. The molecular weight excluding hydrogens is 378 g/mol. The van der Waals surface area contributed by atoms with Crippen molar-refractivity contribution in [2.75, 3.05) is 24.4 Å². The van der Waals surface area contributed by atoms with Gasteiger partial charge >= 0.3 is 0 Å². The Morgan fingerprint density at radius 1 is 1.12 bits per heavy atom. The van der Waals surface area contributed by atoms with Crippen LogP contribution >= 0.6 is 47.8 Å². The normalized spacial score (nSPS) is 16.0. The van der Waals surface area contributed by atoms with E-state index in [9.17, 15) is 4.79 Å². The van der Waals surface area contributed by atoms with E-state index in [4.69, 9.17) is 11.6 Å². The summed E-state index contributed by atoms with van der Waals surface area (Å²) in [5, 5.41) is 4.10. The van der Waals surface area contributed by atoms with Crippen molar-refractivity contribution in [2.45, 2.75) is 9.48 Å². The van der Waals surface area contributed by atoms with Crippen LogP contribution < -0.4 is 5.32 Å². The van der Waals surface area contributed by atoms with Crippen LogP contribution in [0.2, 0.25) is 5.02 Å². The Morgan fingerprint density at radius 3 is 2.33 bits per heavy atom. The summed E-state index contributed by atoms with van der Waals surface area (Å²) in [5.74, 6) is 0.364. The van der Waals surface area contributed by atoms with Crippen LogP contribution in [0.15, 0.2) is 53.4 Å². The number of halogens is 1. The van der Waals surface area contributed by atoms with Crippen molar-refractivity contribution in [1.82, 2.24) is 0 Å². The van der Waals surface area contributed by atoms with E-state index in [1.807, 2.05) is 48.5 Å². The molecule has 1 unspecified atom stereocenters. The molecule has 2 nitrogen and oxygen atoms in total. The van der Waals surface area contributed by atoms with E-state index >= 15 is 0 Å². The molecule has 0 amide bonds. The summed E-state index contributed by atoms with van der Waals surface area (Å²) in [6.07, 6.45) is 4.13. The van der Waals surface area contributed by atoms with Crippen molar-refractivity contribution in [3.8, 4) is 0 Å². The summed E-state index contributed by atoms with van der Waals surface area (Å²) in [6, 6.07) is 15.1. The zero-order valence-corrected chi connectivity index (χ0v) is 16.8. The molecule has 0 spiro atoms. The summed E-state index contributed by atoms with van der Waals surface area (Å²) in [7, 11) is 0. The Balaban J connectivity index is 0.000000219. The first kappa shape index (κ1) is 19.6. The lowest BCUT2D eigenvalue weighted by Gasteiger charge is -2.29. The van der Waals surface area contributed by atoms with Crippen LogP contribution in [0.3, 0.4) is 0 Å². The minimum Gasteiger partial charge on any atom is -0.384 e. The number of hydrogen-bond acceptors (Lipinski definition) is 5. The van der Waals surface area contributed by atoms with E-state index in [0.717, 1.165) is 27.7 Å². The summed E-state index contributed by atoms with van der Waals surface area (Å²) in [5.41, 5.74) is 1.82. The third kappa shape index (κ3) is 5.12. The maximum Gasteiger partial charge on any atom is 0.171 e. The van der Waals surface area contributed by atoms with E-state index in [1.165, 1.54) is 0 Å². The smallest absolute Gasteiger partial charge is 0.171 e. The van der Waals surface area contributed by atoms with Crippen LogP contribution in [-0.2, 0) is 0 Å². The summed E-state index contributed by atoms with van der Waals surface area (Å²) >= 11 is 13.2. The first-order valence-electron chi connectivity index (χ1n) is 7.44. The number of thiol groups is 1. The number of hydrogen-bond donors (Lipinski definition) is 2. The molecule has 0 fully saturated rings. The molecule has 0 aromatic heterocycles. The fraction of sp³-hybridized carbons (Fsp3) is 0.278. The molecule has 2 aromatic carbocycles. The number of fused-ring (bicyclic) bond motifs is 1. The highest BCUT2D eigenvalue weighted by molar-refractivity contribution is 8.16. The van der Waals surface area contributed by atoms with Gasteiger partial charge in [-0.05, 0) is 48.9 Å². The summed E-state index contributed by atoms with van der Waals surface area (Å²) in [4.78, 5) is 13.2. The Morgan fingerprint density at radius 2 is 1.75 bits per heavy atom. The predicted molar refractivity (Wildman–Crippen MR) is 112 cm³/mol. The maximum absolute atomic E-state index is 12.3. The molecule has 0 aliphatic carbocycles. The number of anilines is 1. The maximum atomic E-state index is 12.3. The average Bonchev–Trinajstić information content (AvgIpc) is 2.61. The zero-order valence-electron chi connectivity index (χ0n) is 13.5. The van der Waals surface area contributed by atoms with Gasteiger partial charge in [-0.3, -0.25) is 4.79 Å². The monoisotopic (exact) mass is 397 g/mol. The minimum absolute atomic E-state index is 0.0832. The Kier molecular flexibility index (Phi) is 7.88. The number of Topliss-reactive ketones (excluding diaryl/α,β-unsaturated/α-hetero) is 1. The van der Waals surface area contributed by atoms with E-state index in [2.05, 4.69) is 30.5 Å². The van der Waals surface area contributed by atoms with Crippen molar-refractivity contribution in [1.29, 1.82) is 0 Å². The van der Waals surface area contributed by atoms with Gasteiger partial charge in [-0.1, -0.05) is 23.7 Å². The quantitative estimate of drug-likeness (QED) is 0.521. The molecule has 128 valence electrons. The van der Waals surface area contributed by atoms with Crippen molar-refractivity contribution in [3.63, 3.8) is 0 Å². The highest BCUT2D eigenvalue weighted by Gasteiger charge is 2.32. The SMILES string of the molecule is CSC(SC)C1CNc2ccccc2C1=O.Sc1ccc(Cl)cc1. The van der Waals surface area contributed by atoms with Crippen LogP contribution in [0.4, 0.5) is 5.69 Å². The molecule has 6 heteroatoms. The molecule has 1 aliphatic rings. The molecule has 0 saturated heterocycles. The molecular formula is C18H20ClNOS3. The molecule has 1 N–H and O–H groups in total. The Labute approximate surface area is 162 Å². The number of carbonyl (C=O) groups is 1. The molecule has 2 aromatic rings. The highest BCUT2D eigenvalue weighted by Crippen LogP contribution is 2.34. The number of para-hydroxylation sites is 1. The van der Waals surface area contributed by atoms with E-state index in [0.29, 0.717) is 4.58 Å². The zero-order chi connectivity index (χ0) is 17.5. The molecule has 1 heterocycles. The van der Waals surface area contributed by atoms with Gasteiger partial charge in [-0.25, -0.2) is 0 Å². The van der Waals surface area contributed by atoms with Crippen LogP contribution in [0.1, 0.15) is 10.4 Å². The molecule has 24 heavy (non-hydrogen) atoms. The third-order valence-corrected chi connectivity index (χ3v) is 6.95. The second kappa shape index (κ2) is 9.66. The van der Waals surface area contributed by atoms with E-state index in [-0.39, 0.29) is 11.7 Å². The van der Waals surface area contributed by atoms with Crippen molar-refractivity contribution in [2.24, 2.45) is 5.92 Å². The van der Waals surface area contributed by atoms with Crippen LogP contribution in [-0.4, -0.2) is 29.4 Å². The van der Waals surface area contributed by atoms with E-state index < -0.39 is 0 Å². The van der Waals surface area contributed by atoms with Crippen molar-refractivity contribution < 1.29 is 4.79 Å². The Hall–Kier alpha value is -0.750. The van der Waals surface area contributed by atoms with Crippen LogP contribution in [0.25, 0.3) is 0 Å². The van der Waals surface area contributed by atoms with Gasteiger partial charge in [-0.2, -0.15) is 23.5 Å². The lowest BCUT2D eigenvalue weighted by atomic mass is 9.94. The lowest BCUT2D eigenvalue weighted by Crippen LogP contribution is -2.35. The summed E-state index contributed by atoms with van der Waals surface area (Å²) in [6.45, 7) is 0.752. The van der Waals surface area contributed by atoms with Gasteiger partial charge in [0.2, 0.25) is 0 Å². The largest absolute Gasteiger partial charge is 0.384 e. The molecule has 0 radical (unpaired) electrons. The molecule has 3 rings (SSSR count). The molecule has 1 aliphatic heterocycles. The van der Waals surface area contributed by atoms with Crippen molar-refractivity contribution >= 4 is 59.2 Å². The number of rotatable bonds is 3. The molecule has 1 atom stereocenters. The number of ketones is 1. The highest BCUT2D eigenvalue weighted by atomic mass is 35.5. The van der Waals surface area contributed by atoms with Gasteiger partial charge < -0.3 is 5.32 Å². The standard InChI is InChI=1S/C12H15NOS2.C6H5ClS/c1-15-12(16-2)9-7-13-10-6-4-3-5-8(10)11(9)14;7-5-1-3-6(8)4-2-5/h3-6,9,12-13H,7H2,1-2H3;1-4,8H. The lowest BCUT2D eigenvalue weighted by molar-refractivity contribution is 0.0931. The second-order valence-electron chi connectivity index (χ2n) is 5.21. The molecule has 0 saturated carbocycles. The average molecular weight is 398 g/mol. The molecule has 0 bridgehead atoms. The van der Waals surface area contributed by atoms with Gasteiger partial charge in [0, 0.05) is 27.7 Å². The van der Waals surface area contributed by atoms with Crippen LogP contribution in [0, 0.1) is 5.92 Å². The first-order valence-corrected chi connectivity index (χ1v) is 10.8. The van der Waals surface area contributed by atoms with Gasteiger partial charge in [0.25, 0.3) is 0 Å².